The molecule has 4 atom stereocenters. The first-order chi connectivity index (χ1) is 9.08. The van der Waals surface area contributed by atoms with Crippen molar-refractivity contribution >= 4 is 0 Å². The zero-order valence-corrected chi connectivity index (χ0v) is 11.8. The number of aliphatic hydroxyl groups excluding tert-OH is 1. The Kier molecular flexibility index (Phi) is 4.94. The first-order valence-corrected chi connectivity index (χ1v) is 7.27. The zero-order valence-electron chi connectivity index (χ0n) is 11.8. The first kappa shape index (κ1) is 14.5. The van der Waals surface area contributed by atoms with Crippen molar-refractivity contribution < 1.29 is 9.50 Å². The van der Waals surface area contributed by atoms with Crippen molar-refractivity contribution in [2.45, 2.75) is 57.7 Å². The molecular weight excluding hydrogens is 241 g/mol. The largest absolute Gasteiger partial charge is 0.387 e. The number of halogens is 1. The number of hydrogen-bond donors (Lipinski definition) is 2. The molecule has 0 heterocycles. The highest BCUT2D eigenvalue weighted by atomic mass is 19.1. The van der Waals surface area contributed by atoms with Gasteiger partial charge in [-0.25, -0.2) is 4.39 Å². The quantitative estimate of drug-likeness (QED) is 0.874. The summed E-state index contributed by atoms with van der Waals surface area (Å²) in [6, 6.07) is 6.57. The predicted molar refractivity (Wildman–Crippen MR) is 75.4 cm³/mol. The second kappa shape index (κ2) is 6.49. The Morgan fingerprint density at radius 3 is 2.47 bits per heavy atom. The number of rotatable bonds is 4. The summed E-state index contributed by atoms with van der Waals surface area (Å²) in [6.45, 7) is 4.27. The Labute approximate surface area is 115 Å². The fourth-order valence-electron chi connectivity index (χ4n) is 2.94. The number of nitrogens with one attached hydrogen (secondary N) is 1. The van der Waals surface area contributed by atoms with Crippen LogP contribution in [0.2, 0.25) is 0 Å². The fraction of sp³-hybridized carbons (Fsp3) is 0.625. The molecule has 0 aliphatic heterocycles. The van der Waals surface area contributed by atoms with E-state index < -0.39 is 6.10 Å². The van der Waals surface area contributed by atoms with E-state index in [1.165, 1.54) is 37.8 Å². The highest BCUT2D eigenvalue weighted by Crippen LogP contribution is 2.26. The third-order valence-electron chi connectivity index (χ3n) is 4.27. The first-order valence-electron chi connectivity index (χ1n) is 7.27. The van der Waals surface area contributed by atoms with Crippen molar-refractivity contribution in [3.8, 4) is 0 Å². The van der Waals surface area contributed by atoms with Gasteiger partial charge in [0, 0.05) is 12.1 Å². The average molecular weight is 265 g/mol. The Bertz CT molecular complexity index is 392. The van der Waals surface area contributed by atoms with Gasteiger partial charge in [-0.15, -0.1) is 0 Å². The monoisotopic (exact) mass is 265 g/mol. The minimum Gasteiger partial charge on any atom is -0.387 e. The SMILES string of the molecule is CC1CCCCC1NC(C)C(O)c1ccc(F)cc1. The lowest BCUT2D eigenvalue weighted by Crippen LogP contribution is -2.44. The van der Waals surface area contributed by atoms with Gasteiger partial charge in [0.15, 0.2) is 0 Å². The Hall–Kier alpha value is -0.930. The van der Waals surface area contributed by atoms with Gasteiger partial charge in [0.2, 0.25) is 0 Å². The van der Waals surface area contributed by atoms with Crippen molar-refractivity contribution in [1.29, 1.82) is 0 Å². The van der Waals surface area contributed by atoms with Gasteiger partial charge in [0.1, 0.15) is 5.82 Å². The van der Waals surface area contributed by atoms with Crippen LogP contribution in [0.5, 0.6) is 0 Å². The van der Waals surface area contributed by atoms with E-state index in [1.807, 2.05) is 6.92 Å². The van der Waals surface area contributed by atoms with Crippen molar-refractivity contribution in [3.05, 3.63) is 35.6 Å². The maximum atomic E-state index is 12.9. The molecule has 1 aliphatic carbocycles. The molecule has 0 amide bonds. The predicted octanol–water partition coefficient (Wildman–Crippen LogP) is 3.42. The second-order valence-corrected chi connectivity index (χ2v) is 5.82. The van der Waals surface area contributed by atoms with E-state index in [1.54, 1.807) is 12.1 Å². The second-order valence-electron chi connectivity index (χ2n) is 5.82. The minimum atomic E-state index is -0.588. The molecule has 0 spiro atoms. The Morgan fingerprint density at radius 1 is 1.21 bits per heavy atom. The summed E-state index contributed by atoms with van der Waals surface area (Å²) >= 11 is 0. The summed E-state index contributed by atoms with van der Waals surface area (Å²) in [5.74, 6) is 0.397. The van der Waals surface area contributed by atoms with Crippen LogP contribution < -0.4 is 5.32 Å². The third kappa shape index (κ3) is 3.77. The lowest BCUT2D eigenvalue weighted by molar-refractivity contribution is 0.117. The molecular formula is C16H24FNO. The van der Waals surface area contributed by atoms with E-state index >= 15 is 0 Å². The van der Waals surface area contributed by atoms with Gasteiger partial charge in [0.05, 0.1) is 6.10 Å². The molecule has 2 nitrogen and oxygen atoms in total. The number of hydrogen-bond acceptors (Lipinski definition) is 2. The molecule has 106 valence electrons. The minimum absolute atomic E-state index is 0.0176. The molecule has 0 aromatic heterocycles. The van der Waals surface area contributed by atoms with Crippen LogP contribution in [0.3, 0.4) is 0 Å². The highest BCUT2D eigenvalue weighted by Gasteiger charge is 2.25. The zero-order chi connectivity index (χ0) is 13.8. The molecule has 19 heavy (non-hydrogen) atoms. The van der Waals surface area contributed by atoms with Crippen LogP contribution in [-0.4, -0.2) is 17.2 Å². The van der Waals surface area contributed by atoms with Crippen molar-refractivity contribution in [1.82, 2.24) is 5.32 Å². The molecule has 4 unspecified atom stereocenters. The molecule has 1 fully saturated rings. The molecule has 1 saturated carbocycles. The average Bonchev–Trinajstić information content (AvgIpc) is 2.41. The van der Waals surface area contributed by atoms with Crippen molar-refractivity contribution in [2.75, 3.05) is 0 Å². The van der Waals surface area contributed by atoms with Gasteiger partial charge in [-0.05, 0) is 43.4 Å². The third-order valence-corrected chi connectivity index (χ3v) is 4.27. The van der Waals surface area contributed by atoms with Crippen molar-refractivity contribution in [2.24, 2.45) is 5.92 Å². The van der Waals surface area contributed by atoms with E-state index in [0.29, 0.717) is 12.0 Å². The van der Waals surface area contributed by atoms with Gasteiger partial charge in [-0.3, -0.25) is 0 Å². The summed E-state index contributed by atoms with van der Waals surface area (Å²) in [6.07, 6.45) is 4.43. The topological polar surface area (TPSA) is 32.3 Å². The molecule has 1 aromatic rings. The Balaban J connectivity index is 1.94. The van der Waals surface area contributed by atoms with E-state index in [9.17, 15) is 9.50 Å². The van der Waals surface area contributed by atoms with Crippen LogP contribution >= 0.6 is 0 Å². The van der Waals surface area contributed by atoms with Crippen LogP contribution in [0, 0.1) is 11.7 Å². The smallest absolute Gasteiger partial charge is 0.123 e. The van der Waals surface area contributed by atoms with E-state index in [4.69, 9.17) is 0 Å². The lowest BCUT2D eigenvalue weighted by atomic mass is 9.85. The standard InChI is InChI=1S/C16H24FNO/c1-11-5-3-4-6-15(11)18-12(2)16(19)13-7-9-14(17)10-8-13/h7-12,15-16,18-19H,3-6H2,1-2H3. The summed E-state index contributed by atoms with van der Waals surface area (Å²) in [5.41, 5.74) is 0.768. The van der Waals surface area contributed by atoms with E-state index in [0.717, 1.165) is 5.56 Å². The molecule has 0 saturated heterocycles. The van der Waals surface area contributed by atoms with Crippen LogP contribution in [0.4, 0.5) is 4.39 Å². The Morgan fingerprint density at radius 2 is 1.84 bits per heavy atom. The number of aliphatic hydroxyl groups is 1. The molecule has 2 N–H and O–H groups in total. The maximum absolute atomic E-state index is 12.9. The van der Waals surface area contributed by atoms with Crippen LogP contribution in [0.25, 0.3) is 0 Å². The van der Waals surface area contributed by atoms with Gasteiger partial charge >= 0.3 is 0 Å². The maximum Gasteiger partial charge on any atom is 0.123 e. The van der Waals surface area contributed by atoms with Gasteiger partial charge in [0.25, 0.3) is 0 Å². The molecule has 1 aromatic carbocycles. The van der Waals surface area contributed by atoms with Gasteiger partial charge in [-0.1, -0.05) is 31.9 Å². The number of benzene rings is 1. The summed E-state index contributed by atoms with van der Waals surface area (Å²) < 4.78 is 12.9. The molecule has 0 bridgehead atoms. The molecule has 1 aliphatic rings. The molecule has 2 rings (SSSR count). The van der Waals surface area contributed by atoms with Gasteiger partial charge < -0.3 is 10.4 Å². The summed E-state index contributed by atoms with van der Waals surface area (Å²) in [5, 5.41) is 13.8. The van der Waals surface area contributed by atoms with Crippen LogP contribution in [0.1, 0.15) is 51.2 Å². The normalized spacial score (nSPS) is 26.9. The van der Waals surface area contributed by atoms with E-state index in [-0.39, 0.29) is 11.9 Å². The van der Waals surface area contributed by atoms with Crippen LogP contribution in [-0.2, 0) is 0 Å². The van der Waals surface area contributed by atoms with Gasteiger partial charge in [-0.2, -0.15) is 0 Å². The van der Waals surface area contributed by atoms with Crippen LogP contribution in [0.15, 0.2) is 24.3 Å². The summed E-state index contributed by atoms with van der Waals surface area (Å²) in [4.78, 5) is 0. The van der Waals surface area contributed by atoms with E-state index in [2.05, 4.69) is 12.2 Å². The molecule has 3 heteroatoms. The lowest BCUT2D eigenvalue weighted by Gasteiger charge is -2.33. The fourth-order valence-corrected chi connectivity index (χ4v) is 2.94. The summed E-state index contributed by atoms with van der Waals surface area (Å²) in [7, 11) is 0. The highest BCUT2D eigenvalue weighted by molar-refractivity contribution is 5.19. The van der Waals surface area contributed by atoms with Crippen molar-refractivity contribution in [3.63, 3.8) is 0 Å². The molecule has 0 radical (unpaired) electrons.